The van der Waals surface area contributed by atoms with Crippen molar-refractivity contribution in [1.29, 1.82) is 0 Å². The van der Waals surface area contributed by atoms with Crippen LogP contribution >= 0.6 is 0 Å². The molecule has 0 radical (unpaired) electrons. The number of ether oxygens (including phenoxy) is 2. The fourth-order valence-corrected chi connectivity index (χ4v) is 2.03. The van der Waals surface area contributed by atoms with Gasteiger partial charge in [0.2, 0.25) is 0 Å². The minimum atomic E-state index is -0.970. The van der Waals surface area contributed by atoms with Crippen LogP contribution in [0.2, 0.25) is 0 Å². The maximum atomic E-state index is 10.9. The van der Waals surface area contributed by atoms with Crippen molar-refractivity contribution in [2.24, 2.45) is 0 Å². The van der Waals surface area contributed by atoms with Gasteiger partial charge in [-0.05, 0) is 31.5 Å². The van der Waals surface area contributed by atoms with Gasteiger partial charge < -0.3 is 25.2 Å². The monoisotopic (exact) mass is 296 g/mol. The summed E-state index contributed by atoms with van der Waals surface area (Å²) in [6, 6.07) is 4.83. The lowest BCUT2D eigenvalue weighted by Crippen LogP contribution is -2.26. The fourth-order valence-electron chi connectivity index (χ4n) is 2.03. The molecule has 6 nitrogen and oxygen atoms in total. The summed E-state index contributed by atoms with van der Waals surface area (Å²) < 4.78 is 10.3. The summed E-state index contributed by atoms with van der Waals surface area (Å²) >= 11 is 0. The minimum absolute atomic E-state index is 0.204. The highest BCUT2D eigenvalue weighted by atomic mass is 16.5. The molecule has 0 saturated heterocycles. The van der Waals surface area contributed by atoms with E-state index in [1.54, 1.807) is 19.2 Å². The van der Waals surface area contributed by atoms with Crippen molar-refractivity contribution < 1.29 is 19.4 Å². The Morgan fingerprint density at radius 1 is 1.33 bits per heavy atom. The molecule has 0 unspecified atom stereocenters. The predicted octanol–water partition coefficient (Wildman–Crippen LogP) is 1.85. The van der Waals surface area contributed by atoms with Crippen molar-refractivity contribution in [3.63, 3.8) is 0 Å². The van der Waals surface area contributed by atoms with Crippen LogP contribution in [0.5, 0.6) is 0 Å². The first-order chi connectivity index (χ1) is 10.1. The van der Waals surface area contributed by atoms with Crippen LogP contribution in [0.25, 0.3) is 0 Å². The first-order valence-corrected chi connectivity index (χ1v) is 7.04. The van der Waals surface area contributed by atoms with Crippen molar-refractivity contribution in [3.05, 3.63) is 23.8 Å². The number of aromatic carboxylic acids is 1. The molecule has 0 atom stereocenters. The molecule has 0 saturated carbocycles. The summed E-state index contributed by atoms with van der Waals surface area (Å²) in [7, 11) is 1.64. The molecule has 0 aliphatic rings. The van der Waals surface area contributed by atoms with Gasteiger partial charge in [-0.2, -0.15) is 0 Å². The molecule has 21 heavy (non-hydrogen) atoms. The molecule has 1 rings (SSSR count). The number of nitrogens with zero attached hydrogens (tertiary/aromatic N) is 1. The van der Waals surface area contributed by atoms with Crippen molar-refractivity contribution in [2.45, 2.75) is 13.3 Å². The molecular weight excluding hydrogens is 272 g/mol. The van der Waals surface area contributed by atoms with Gasteiger partial charge >= 0.3 is 5.97 Å². The Hall–Kier alpha value is -1.79. The van der Waals surface area contributed by atoms with Crippen LogP contribution in [0.1, 0.15) is 23.7 Å². The van der Waals surface area contributed by atoms with Crippen LogP contribution in [0.15, 0.2) is 18.2 Å². The van der Waals surface area contributed by atoms with Crippen molar-refractivity contribution >= 4 is 17.3 Å². The summed E-state index contributed by atoms with van der Waals surface area (Å²) in [5.41, 5.74) is 7.50. The second kappa shape index (κ2) is 9.20. The quantitative estimate of drug-likeness (QED) is 0.506. The SMILES string of the molecule is CCN(CCCOCCOC)c1ccc(C(=O)O)cc1N. The molecule has 118 valence electrons. The summed E-state index contributed by atoms with van der Waals surface area (Å²) in [5, 5.41) is 8.94. The highest BCUT2D eigenvalue weighted by Gasteiger charge is 2.11. The molecule has 0 aromatic heterocycles. The molecule has 0 amide bonds. The van der Waals surface area contributed by atoms with Gasteiger partial charge in [0.1, 0.15) is 0 Å². The van der Waals surface area contributed by atoms with Crippen LogP contribution in [-0.4, -0.2) is 51.1 Å². The Bertz CT molecular complexity index is 451. The summed E-state index contributed by atoms with van der Waals surface area (Å²) in [4.78, 5) is 13.0. The van der Waals surface area contributed by atoms with Crippen LogP contribution in [-0.2, 0) is 9.47 Å². The van der Waals surface area contributed by atoms with Crippen LogP contribution in [0.3, 0.4) is 0 Å². The van der Waals surface area contributed by atoms with Gasteiger partial charge in [-0.15, -0.1) is 0 Å². The number of methoxy groups -OCH3 is 1. The molecule has 0 bridgehead atoms. The summed E-state index contributed by atoms with van der Waals surface area (Å²) in [6.07, 6.45) is 0.873. The van der Waals surface area contributed by atoms with E-state index in [0.29, 0.717) is 25.5 Å². The van der Waals surface area contributed by atoms with Gasteiger partial charge in [0.05, 0.1) is 30.2 Å². The zero-order valence-electron chi connectivity index (χ0n) is 12.7. The van der Waals surface area contributed by atoms with Crippen LogP contribution in [0, 0.1) is 0 Å². The number of hydrogen-bond donors (Lipinski definition) is 2. The van der Waals surface area contributed by atoms with Gasteiger partial charge in [-0.25, -0.2) is 4.79 Å². The number of carboxylic acids is 1. The molecule has 3 N–H and O–H groups in total. The van der Waals surface area contributed by atoms with E-state index in [9.17, 15) is 4.79 Å². The standard InChI is InChI=1S/C15H24N2O4/c1-3-17(7-4-8-21-10-9-20-2)14-6-5-12(15(18)19)11-13(14)16/h5-6,11H,3-4,7-10,16H2,1-2H3,(H,18,19). The average Bonchev–Trinajstić information content (AvgIpc) is 2.47. The van der Waals surface area contributed by atoms with Gasteiger partial charge in [-0.1, -0.05) is 0 Å². The second-order valence-corrected chi connectivity index (χ2v) is 4.62. The Balaban J connectivity index is 2.54. The topological polar surface area (TPSA) is 85.0 Å². The zero-order chi connectivity index (χ0) is 15.7. The lowest BCUT2D eigenvalue weighted by Gasteiger charge is -2.24. The normalized spacial score (nSPS) is 10.6. The van der Waals surface area contributed by atoms with E-state index in [2.05, 4.69) is 4.90 Å². The van der Waals surface area contributed by atoms with E-state index >= 15 is 0 Å². The Morgan fingerprint density at radius 2 is 2.10 bits per heavy atom. The fraction of sp³-hybridized carbons (Fsp3) is 0.533. The van der Waals surface area contributed by atoms with Crippen LogP contribution < -0.4 is 10.6 Å². The molecule has 0 fully saturated rings. The number of nitrogen functional groups attached to an aromatic ring is 1. The maximum absolute atomic E-state index is 10.9. The lowest BCUT2D eigenvalue weighted by atomic mass is 10.1. The summed E-state index contributed by atoms with van der Waals surface area (Å²) in [6.45, 7) is 5.50. The molecule has 0 aliphatic heterocycles. The first kappa shape index (κ1) is 17.3. The number of carboxylic acid groups (broad SMARTS) is 1. The molecule has 6 heteroatoms. The third-order valence-electron chi connectivity index (χ3n) is 3.15. The number of hydrogen-bond acceptors (Lipinski definition) is 5. The highest BCUT2D eigenvalue weighted by Crippen LogP contribution is 2.24. The van der Waals surface area contributed by atoms with Gasteiger partial charge in [0, 0.05) is 26.8 Å². The number of carbonyl (C=O) groups is 1. The van der Waals surface area contributed by atoms with E-state index in [1.165, 1.54) is 6.07 Å². The number of rotatable bonds is 10. The molecule has 0 aliphatic carbocycles. The number of anilines is 2. The van der Waals surface area contributed by atoms with Gasteiger partial charge in [-0.3, -0.25) is 0 Å². The van der Waals surface area contributed by atoms with E-state index in [0.717, 1.165) is 25.2 Å². The largest absolute Gasteiger partial charge is 0.478 e. The second-order valence-electron chi connectivity index (χ2n) is 4.62. The van der Waals surface area contributed by atoms with Crippen molar-refractivity contribution in [1.82, 2.24) is 0 Å². The summed E-state index contributed by atoms with van der Waals surface area (Å²) in [5.74, 6) is -0.970. The van der Waals surface area contributed by atoms with Gasteiger partial charge in [0.25, 0.3) is 0 Å². The molecule has 1 aromatic rings. The highest BCUT2D eigenvalue weighted by molar-refractivity contribution is 5.90. The number of benzene rings is 1. The van der Waals surface area contributed by atoms with E-state index < -0.39 is 5.97 Å². The Kier molecular flexibility index (Phi) is 7.56. The minimum Gasteiger partial charge on any atom is -0.478 e. The lowest BCUT2D eigenvalue weighted by molar-refractivity contribution is 0.0697. The predicted molar refractivity (Wildman–Crippen MR) is 83.0 cm³/mol. The molecular formula is C15H24N2O4. The molecule has 0 heterocycles. The third-order valence-corrected chi connectivity index (χ3v) is 3.15. The maximum Gasteiger partial charge on any atom is 0.335 e. The van der Waals surface area contributed by atoms with Crippen LogP contribution in [0.4, 0.5) is 11.4 Å². The first-order valence-electron chi connectivity index (χ1n) is 7.04. The number of nitrogens with two attached hydrogens (primary N) is 1. The van der Waals surface area contributed by atoms with E-state index in [1.807, 2.05) is 6.92 Å². The van der Waals surface area contributed by atoms with Crippen molar-refractivity contribution in [2.75, 3.05) is 50.7 Å². The zero-order valence-corrected chi connectivity index (χ0v) is 12.7. The molecule has 0 spiro atoms. The third kappa shape index (κ3) is 5.61. The Labute approximate surface area is 125 Å². The smallest absolute Gasteiger partial charge is 0.335 e. The molecule has 1 aromatic carbocycles. The average molecular weight is 296 g/mol. The van der Waals surface area contributed by atoms with Crippen molar-refractivity contribution in [3.8, 4) is 0 Å². The Morgan fingerprint density at radius 3 is 2.67 bits per heavy atom. The van der Waals surface area contributed by atoms with Gasteiger partial charge in [0.15, 0.2) is 0 Å². The van der Waals surface area contributed by atoms with E-state index in [4.69, 9.17) is 20.3 Å². The van der Waals surface area contributed by atoms with E-state index in [-0.39, 0.29) is 5.56 Å².